The molecule has 1 aromatic rings. The van der Waals surface area contributed by atoms with Crippen LogP contribution in [0.2, 0.25) is 0 Å². The van der Waals surface area contributed by atoms with Gasteiger partial charge in [-0.2, -0.15) is 4.98 Å². The van der Waals surface area contributed by atoms with Crippen LogP contribution in [0.25, 0.3) is 0 Å². The van der Waals surface area contributed by atoms with E-state index in [2.05, 4.69) is 19.2 Å². The van der Waals surface area contributed by atoms with Crippen LogP contribution in [0.3, 0.4) is 0 Å². The smallest absolute Gasteiger partial charge is 0.503 e. The number of alkyl halides is 3. The van der Waals surface area contributed by atoms with Gasteiger partial charge in [-0.25, -0.2) is 4.79 Å². The second-order valence-electron chi connectivity index (χ2n) is 2.90. The Hall–Kier alpha value is -2.19. The highest BCUT2D eigenvalue weighted by Crippen LogP contribution is 2.33. The van der Waals surface area contributed by atoms with Crippen LogP contribution < -0.4 is 9.47 Å². The fourth-order valence-corrected chi connectivity index (χ4v) is 1.06. The van der Waals surface area contributed by atoms with Crippen molar-refractivity contribution in [3.63, 3.8) is 0 Å². The number of nitrogens with zero attached hydrogens (tertiary/aromatic N) is 1. The molecule has 9 heteroatoms. The zero-order chi connectivity index (χ0) is 13.9. The number of ether oxygens (including phenoxy) is 3. The Kier molecular flexibility index (Phi) is 3.84. The van der Waals surface area contributed by atoms with E-state index in [1.165, 1.54) is 0 Å². The lowest BCUT2D eigenvalue weighted by Crippen LogP contribution is -2.20. The summed E-state index contributed by atoms with van der Waals surface area (Å²) in [5, 5.41) is 9.28. The van der Waals surface area contributed by atoms with Crippen molar-refractivity contribution in [3.05, 3.63) is 11.8 Å². The summed E-state index contributed by atoms with van der Waals surface area (Å²) in [6.07, 6.45) is -5.04. The highest BCUT2D eigenvalue weighted by Gasteiger charge is 2.34. The topological polar surface area (TPSA) is 77.9 Å². The van der Waals surface area contributed by atoms with Crippen LogP contribution in [0.4, 0.5) is 13.2 Å². The normalized spacial score (nSPS) is 10.9. The summed E-state index contributed by atoms with van der Waals surface area (Å²) in [6, 6.07) is 0.561. The van der Waals surface area contributed by atoms with Gasteiger partial charge in [-0.3, -0.25) is 0 Å². The lowest BCUT2D eigenvalue weighted by molar-refractivity contribution is -0.274. The molecule has 0 spiro atoms. The molecule has 0 fully saturated rings. The maximum atomic E-state index is 12.1. The summed E-state index contributed by atoms with van der Waals surface area (Å²) in [7, 11) is 2.08. The Labute approximate surface area is 98.9 Å². The van der Waals surface area contributed by atoms with Crippen molar-refractivity contribution < 1.29 is 37.3 Å². The molecule has 0 radical (unpaired) electrons. The zero-order valence-corrected chi connectivity index (χ0v) is 9.24. The largest absolute Gasteiger partial charge is 0.573 e. The van der Waals surface area contributed by atoms with Gasteiger partial charge in [-0.15, -0.1) is 13.2 Å². The van der Waals surface area contributed by atoms with Gasteiger partial charge in [0.1, 0.15) is 0 Å². The number of carbonyl (C=O) groups excluding carboxylic acids is 1. The van der Waals surface area contributed by atoms with Crippen molar-refractivity contribution in [2.24, 2.45) is 0 Å². The highest BCUT2D eigenvalue weighted by molar-refractivity contribution is 5.90. The van der Waals surface area contributed by atoms with Gasteiger partial charge in [-0.1, -0.05) is 0 Å². The number of methoxy groups -OCH3 is 2. The third-order valence-corrected chi connectivity index (χ3v) is 1.73. The van der Waals surface area contributed by atoms with Crippen LogP contribution in [0.5, 0.6) is 17.4 Å². The van der Waals surface area contributed by atoms with Gasteiger partial charge in [0.15, 0.2) is 17.2 Å². The molecule has 1 heterocycles. The number of pyridine rings is 1. The summed E-state index contributed by atoms with van der Waals surface area (Å²) in [5.74, 6) is -3.27. The third-order valence-electron chi connectivity index (χ3n) is 1.73. The number of carbonyl (C=O) groups is 1. The van der Waals surface area contributed by atoms with E-state index in [4.69, 9.17) is 0 Å². The van der Waals surface area contributed by atoms with Gasteiger partial charge in [0.05, 0.1) is 14.2 Å². The number of aromatic hydroxyl groups is 1. The molecule has 0 aliphatic rings. The standard InChI is InChI=1S/C9H8F3NO5/c1-16-7-4(14)3-5(18-9(10,11)12)6(13-7)8(15)17-2/h3,14H,1-2H3. The maximum Gasteiger partial charge on any atom is 0.573 e. The average Bonchev–Trinajstić information content (AvgIpc) is 2.26. The van der Waals surface area contributed by atoms with Gasteiger partial charge in [-0.05, 0) is 0 Å². The molecule has 0 saturated carbocycles. The van der Waals surface area contributed by atoms with E-state index in [0.717, 1.165) is 14.2 Å². The van der Waals surface area contributed by atoms with E-state index in [1.54, 1.807) is 0 Å². The summed E-state index contributed by atoms with van der Waals surface area (Å²) in [6.45, 7) is 0. The number of rotatable bonds is 3. The predicted molar refractivity (Wildman–Crippen MR) is 50.5 cm³/mol. The van der Waals surface area contributed by atoms with E-state index in [-0.39, 0.29) is 0 Å². The Bertz CT molecular complexity index is 460. The van der Waals surface area contributed by atoms with E-state index in [9.17, 15) is 23.1 Å². The van der Waals surface area contributed by atoms with Crippen molar-refractivity contribution in [3.8, 4) is 17.4 Å². The lowest BCUT2D eigenvalue weighted by Gasteiger charge is -2.13. The molecule has 100 valence electrons. The van der Waals surface area contributed by atoms with Crippen LogP contribution in [-0.4, -0.2) is 36.6 Å². The molecule has 1 rings (SSSR count). The van der Waals surface area contributed by atoms with Gasteiger partial charge < -0.3 is 19.3 Å². The van der Waals surface area contributed by atoms with Gasteiger partial charge in [0.2, 0.25) is 0 Å². The summed E-state index contributed by atoms with van der Waals surface area (Å²) >= 11 is 0. The van der Waals surface area contributed by atoms with Crippen LogP contribution in [0.15, 0.2) is 6.07 Å². The Balaban J connectivity index is 3.30. The molecule has 18 heavy (non-hydrogen) atoms. The minimum atomic E-state index is -5.04. The third kappa shape index (κ3) is 3.15. The number of aromatic nitrogens is 1. The summed E-state index contributed by atoms with van der Waals surface area (Å²) < 4.78 is 48.6. The fraction of sp³-hybridized carbons (Fsp3) is 0.333. The first-order valence-electron chi connectivity index (χ1n) is 4.40. The highest BCUT2D eigenvalue weighted by atomic mass is 19.4. The second-order valence-corrected chi connectivity index (χ2v) is 2.90. The van der Waals surface area contributed by atoms with E-state index in [0.29, 0.717) is 6.07 Å². The van der Waals surface area contributed by atoms with E-state index >= 15 is 0 Å². The second kappa shape index (κ2) is 4.98. The van der Waals surface area contributed by atoms with Crippen molar-refractivity contribution >= 4 is 5.97 Å². The van der Waals surface area contributed by atoms with Crippen molar-refractivity contribution in [2.45, 2.75) is 6.36 Å². The van der Waals surface area contributed by atoms with Crippen LogP contribution in [0.1, 0.15) is 10.5 Å². The molecule has 1 N–H and O–H groups in total. The van der Waals surface area contributed by atoms with E-state index in [1.807, 2.05) is 0 Å². The van der Waals surface area contributed by atoms with Crippen LogP contribution >= 0.6 is 0 Å². The van der Waals surface area contributed by atoms with Crippen LogP contribution in [-0.2, 0) is 4.74 Å². The molecule has 1 aromatic heterocycles. The molecular weight excluding hydrogens is 259 g/mol. The molecule has 0 bridgehead atoms. The average molecular weight is 267 g/mol. The first-order chi connectivity index (χ1) is 8.28. The lowest BCUT2D eigenvalue weighted by atomic mass is 10.3. The Morgan fingerprint density at radius 1 is 1.39 bits per heavy atom. The van der Waals surface area contributed by atoms with Gasteiger partial charge in [0.25, 0.3) is 5.88 Å². The number of hydrogen-bond acceptors (Lipinski definition) is 6. The fourth-order valence-electron chi connectivity index (χ4n) is 1.06. The molecule has 0 aliphatic heterocycles. The molecule has 0 aliphatic carbocycles. The summed E-state index contributed by atoms with van der Waals surface area (Å²) in [4.78, 5) is 14.6. The van der Waals surface area contributed by atoms with Crippen molar-refractivity contribution in [1.82, 2.24) is 4.98 Å². The first kappa shape index (κ1) is 13.9. The number of esters is 1. The SMILES string of the molecule is COC(=O)c1nc(OC)c(O)cc1OC(F)(F)F. The number of hydrogen-bond donors (Lipinski definition) is 1. The number of halogens is 3. The quantitative estimate of drug-likeness (QED) is 0.836. The first-order valence-corrected chi connectivity index (χ1v) is 4.40. The zero-order valence-electron chi connectivity index (χ0n) is 9.24. The predicted octanol–water partition coefficient (Wildman–Crippen LogP) is 1.48. The molecule has 0 aromatic carbocycles. The Morgan fingerprint density at radius 2 is 2.00 bits per heavy atom. The minimum absolute atomic E-state index is 0.426. The molecule has 6 nitrogen and oxygen atoms in total. The maximum absolute atomic E-state index is 12.1. The molecule has 0 unspecified atom stereocenters. The Morgan fingerprint density at radius 3 is 2.44 bits per heavy atom. The molecular formula is C9H8F3NO5. The van der Waals surface area contributed by atoms with Crippen LogP contribution in [0, 0.1) is 0 Å². The van der Waals surface area contributed by atoms with Gasteiger partial charge in [0, 0.05) is 6.07 Å². The molecule has 0 atom stereocenters. The minimum Gasteiger partial charge on any atom is -0.503 e. The van der Waals surface area contributed by atoms with E-state index < -0.39 is 35.4 Å². The monoisotopic (exact) mass is 267 g/mol. The van der Waals surface area contributed by atoms with Crippen molar-refractivity contribution in [1.29, 1.82) is 0 Å². The van der Waals surface area contributed by atoms with Crippen molar-refractivity contribution in [2.75, 3.05) is 14.2 Å². The summed E-state index contributed by atoms with van der Waals surface area (Å²) in [5.41, 5.74) is -0.760. The molecule has 0 saturated heterocycles. The molecule has 0 amide bonds. The van der Waals surface area contributed by atoms with Gasteiger partial charge >= 0.3 is 12.3 Å².